The van der Waals surface area contributed by atoms with Gasteiger partial charge >= 0.3 is 0 Å². The van der Waals surface area contributed by atoms with E-state index in [1.165, 1.54) is 9.79 Å². The van der Waals surface area contributed by atoms with Crippen LogP contribution < -0.4 is 11.5 Å². The second-order valence-electron chi connectivity index (χ2n) is 2.65. The fraction of sp³-hybridized carbons (Fsp3) is 0.333. The highest BCUT2D eigenvalue weighted by molar-refractivity contribution is 8.03. The fourth-order valence-electron chi connectivity index (χ4n) is 1.20. The Hall–Kier alpha value is -0.130. The molecule has 1 aromatic rings. The van der Waals surface area contributed by atoms with Crippen LogP contribution in [-0.4, -0.2) is 18.8 Å². The van der Waals surface area contributed by atoms with E-state index in [1.54, 1.807) is 35.3 Å². The van der Waals surface area contributed by atoms with E-state index in [4.69, 9.17) is 11.5 Å². The van der Waals surface area contributed by atoms with Gasteiger partial charge in [0.2, 0.25) is 0 Å². The smallest absolute Gasteiger partial charge is 0.0698 e. The van der Waals surface area contributed by atoms with Crippen molar-refractivity contribution in [2.75, 3.05) is 30.2 Å². The van der Waals surface area contributed by atoms with Crippen molar-refractivity contribution in [2.24, 2.45) is 0 Å². The molecule has 0 atom stereocenters. The molecule has 1 rings (SSSR count). The highest BCUT2D eigenvalue weighted by atomic mass is 32.2. The van der Waals surface area contributed by atoms with E-state index < -0.39 is 0 Å². The van der Waals surface area contributed by atoms with Crippen molar-refractivity contribution in [2.45, 2.75) is 14.7 Å². The molecular formula is C9H14N2S3. The zero-order valence-electron chi connectivity index (χ0n) is 8.46. The van der Waals surface area contributed by atoms with E-state index in [2.05, 4.69) is 12.5 Å². The van der Waals surface area contributed by atoms with Gasteiger partial charge in [-0.25, -0.2) is 0 Å². The van der Waals surface area contributed by atoms with Crippen LogP contribution >= 0.6 is 35.3 Å². The molecule has 0 aliphatic heterocycles. The molecule has 0 aliphatic carbocycles. The van der Waals surface area contributed by atoms with Crippen LogP contribution in [0.3, 0.4) is 0 Å². The van der Waals surface area contributed by atoms with E-state index in [0.717, 1.165) is 4.90 Å². The predicted octanol–water partition coefficient (Wildman–Crippen LogP) is 3.02. The second-order valence-corrected chi connectivity index (χ2v) is 5.13. The summed E-state index contributed by atoms with van der Waals surface area (Å²) in [5.74, 6) is 0. The Morgan fingerprint density at radius 2 is 1.50 bits per heavy atom. The van der Waals surface area contributed by atoms with Crippen molar-refractivity contribution in [3.63, 3.8) is 0 Å². The van der Waals surface area contributed by atoms with Crippen molar-refractivity contribution in [1.82, 2.24) is 0 Å². The summed E-state index contributed by atoms with van der Waals surface area (Å²) in [6.45, 7) is 0. The lowest BCUT2D eigenvalue weighted by atomic mass is 10.3. The SMILES string of the molecule is CSc1cc(N)c(N)c(SC)c1SC. The van der Waals surface area contributed by atoms with E-state index >= 15 is 0 Å². The van der Waals surface area contributed by atoms with Crippen LogP contribution in [0, 0.1) is 0 Å². The first-order chi connectivity index (χ1) is 6.65. The van der Waals surface area contributed by atoms with Crippen molar-refractivity contribution >= 4 is 46.7 Å². The van der Waals surface area contributed by atoms with Gasteiger partial charge in [0.15, 0.2) is 0 Å². The Morgan fingerprint density at radius 1 is 0.929 bits per heavy atom. The van der Waals surface area contributed by atoms with Gasteiger partial charge in [0.1, 0.15) is 0 Å². The maximum absolute atomic E-state index is 5.92. The first-order valence-electron chi connectivity index (χ1n) is 3.99. The lowest BCUT2D eigenvalue weighted by Gasteiger charge is -2.14. The van der Waals surface area contributed by atoms with Gasteiger partial charge in [-0.15, -0.1) is 35.3 Å². The molecule has 2 nitrogen and oxygen atoms in total. The normalized spacial score (nSPS) is 10.5. The molecule has 0 unspecified atom stereocenters. The number of benzene rings is 1. The van der Waals surface area contributed by atoms with Crippen LogP contribution in [0.2, 0.25) is 0 Å². The van der Waals surface area contributed by atoms with Gasteiger partial charge in [-0.2, -0.15) is 0 Å². The zero-order valence-corrected chi connectivity index (χ0v) is 10.9. The summed E-state index contributed by atoms with van der Waals surface area (Å²) in [6.07, 6.45) is 6.13. The third-order valence-corrected chi connectivity index (χ3v) is 4.59. The Kier molecular flexibility index (Phi) is 4.34. The van der Waals surface area contributed by atoms with Gasteiger partial charge in [0, 0.05) is 14.7 Å². The number of rotatable bonds is 3. The molecule has 0 heterocycles. The van der Waals surface area contributed by atoms with Crippen LogP contribution in [0.1, 0.15) is 0 Å². The summed E-state index contributed by atoms with van der Waals surface area (Å²) >= 11 is 5.07. The summed E-state index contributed by atoms with van der Waals surface area (Å²) in [4.78, 5) is 3.53. The maximum Gasteiger partial charge on any atom is 0.0698 e. The number of hydrogen-bond donors (Lipinski definition) is 2. The van der Waals surface area contributed by atoms with Crippen LogP contribution in [0.5, 0.6) is 0 Å². The minimum atomic E-state index is 0.677. The minimum absolute atomic E-state index is 0.677. The standard InChI is InChI=1S/C9H14N2S3/c1-12-6-4-5(10)7(11)9(14-3)8(6)13-2/h4H,10-11H2,1-3H3. The fourth-order valence-corrected chi connectivity index (χ4v) is 3.98. The largest absolute Gasteiger partial charge is 0.397 e. The van der Waals surface area contributed by atoms with Crippen molar-refractivity contribution < 1.29 is 0 Å². The number of nitrogen functional groups attached to an aromatic ring is 2. The Labute approximate surface area is 97.6 Å². The van der Waals surface area contributed by atoms with Crippen LogP contribution in [0.4, 0.5) is 11.4 Å². The minimum Gasteiger partial charge on any atom is -0.397 e. The van der Waals surface area contributed by atoms with Crippen LogP contribution in [-0.2, 0) is 0 Å². The molecule has 0 aromatic heterocycles. The second kappa shape index (κ2) is 5.09. The quantitative estimate of drug-likeness (QED) is 0.634. The summed E-state index contributed by atoms with van der Waals surface area (Å²) in [5.41, 5.74) is 13.1. The predicted molar refractivity (Wildman–Crippen MR) is 70.6 cm³/mol. The highest BCUT2D eigenvalue weighted by Gasteiger charge is 2.12. The van der Waals surface area contributed by atoms with Gasteiger partial charge in [0.25, 0.3) is 0 Å². The molecule has 0 saturated carbocycles. The molecule has 5 heteroatoms. The van der Waals surface area contributed by atoms with Crippen LogP contribution in [0.15, 0.2) is 20.8 Å². The molecule has 4 N–H and O–H groups in total. The molecular weight excluding hydrogens is 232 g/mol. The van der Waals surface area contributed by atoms with Crippen molar-refractivity contribution in [3.8, 4) is 0 Å². The molecule has 0 saturated heterocycles. The summed E-state index contributed by atoms with van der Waals surface area (Å²) in [5, 5.41) is 0. The van der Waals surface area contributed by atoms with E-state index in [9.17, 15) is 0 Å². The lowest BCUT2D eigenvalue weighted by Crippen LogP contribution is -1.99. The van der Waals surface area contributed by atoms with E-state index in [-0.39, 0.29) is 0 Å². The van der Waals surface area contributed by atoms with Crippen molar-refractivity contribution in [1.29, 1.82) is 0 Å². The van der Waals surface area contributed by atoms with Gasteiger partial charge < -0.3 is 11.5 Å². The third-order valence-electron chi connectivity index (χ3n) is 1.90. The number of hydrogen-bond acceptors (Lipinski definition) is 5. The molecule has 78 valence electrons. The van der Waals surface area contributed by atoms with Crippen molar-refractivity contribution in [3.05, 3.63) is 6.07 Å². The summed E-state index contributed by atoms with van der Waals surface area (Å²) in [7, 11) is 0. The molecule has 0 radical (unpaired) electrons. The summed E-state index contributed by atoms with van der Waals surface area (Å²) in [6, 6.07) is 1.95. The third kappa shape index (κ3) is 2.10. The maximum atomic E-state index is 5.92. The topological polar surface area (TPSA) is 52.0 Å². The highest BCUT2D eigenvalue weighted by Crippen LogP contribution is 2.42. The van der Waals surface area contributed by atoms with Gasteiger partial charge in [-0.05, 0) is 24.8 Å². The summed E-state index contributed by atoms with van der Waals surface area (Å²) < 4.78 is 0. The Morgan fingerprint density at radius 3 is 1.93 bits per heavy atom. The molecule has 0 amide bonds. The van der Waals surface area contributed by atoms with Gasteiger partial charge in [-0.3, -0.25) is 0 Å². The Balaban J connectivity index is 3.42. The lowest BCUT2D eigenvalue weighted by molar-refractivity contribution is 1.14. The van der Waals surface area contributed by atoms with E-state index in [1.807, 2.05) is 12.3 Å². The first kappa shape index (κ1) is 11.9. The monoisotopic (exact) mass is 246 g/mol. The molecule has 0 fully saturated rings. The number of thioether (sulfide) groups is 3. The number of anilines is 2. The average molecular weight is 246 g/mol. The molecule has 14 heavy (non-hydrogen) atoms. The first-order valence-corrected chi connectivity index (χ1v) is 7.67. The zero-order chi connectivity index (χ0) is 10.7. The van der Waals surface area contributed by atoms with Crippen LogP contribution in [0.25, 0.3) is 0 Å². The number of nitrogens with two attached hydrogens (primary N) is 2. The van der Waals surface area contributed by atoms with Gasteiger partial charge in [-0.1, -0.05) is 0 Å². The molecule has 0 bridgehead atoms. The average Bonchev–Trinajstić information content (AvgIpc) is 2.20. The Bertz CT molecular complexity index is 339. The van der Waals surface area contributed by atoms with E-state index in [0.29, 0.717) is 11.4 Å². The molecule has 0 aliphatic rings. The van der Waals surface area contributed by atoms with Gasteiger partial charge in [0.05, 0.1) is 11.4 Å². The molecule has 0 spiro atoms. The molecule has 1 aromatic carbocycles.